The van der Waals surface area contributed by atoms with Crippen LogP contribution in [0.4, 0.5) is 0 Å². The van der Waals surface area contributed by atoms with Gasteiger partial charge in [0.15, 0.2) is 17.6 Å². The summed E-state index contributed by atoms with van der Waals surface area (Å²) in [6, 6.07) is 7.94. The van der Waals surface area contributed by atoms with Gasteiger partial charge >= 0.3 is 0 Å². The first kappa shape index (κ1) is 15.1. The van der Waals surface area contributed by atoms with Gasteiger partial charge in [0.25, 0.3) is 0 Å². The van der Waals surface area contributed by atoms with Gasteiger partial charge in [-0.05, 0) is 38.9 Å². The lowest BCUT2D eigenvalue weighted by atomic mass is 10.1. The van der Waals surface area contributed by atoms with Gasteiger partial charge in [0.1, 0.15) is 6.61 Å². The molecule has 2 unspecified atom stereocenters. The molecule has 2 atom stereocenters. The van der Waals surface area contributed by atoms with Crippen LogP contribution < -0.4 is 14.8 Å². The summed E-state index contributed by atoms with van der Waals surface area (Å²) in [5.41, 5.74) is 0. The molecule has 1 aliphatic rings. The Hall–Kier alpha value is -1.26. The minimum Gasteiger partial charge on any atom is -0.486 e. The van der Waals surface area contributed by atoms with Gasteiger partial charge in [-0.2, -0.15) is 0 Å². The molecule has 1 aliphatic heterocycles. The molecule has 1 aromatic carbocycles. The zero-order valence-electron chi connectivity index (χ0n) is 12.6. The van der Waals surface area contributed by atoms with Crippen molar-refractivity contribution in [3.63, 3.8) is 0 Å². The Bertz CT molecular complexity index is 408. The second-order valence-electron chi connectivity index (χ2n) is 5.36. The molecular weight excluding hydrogens is 254 g/mol. The maximum atomic E-state index is 6.06. The molecule has 2 rings (SSSR count). The molecule has 0 bridgehead atoms. The average molecular weight is 279 g/mol. The highest BCUT2D eigenvalue weighted by Crippen LogP contribution is 2.31. The van der Waals surface area contributed by atoms with Crippen LogP contribution in [-0.4, -0.2) is 38.0 Å². The summed E-state index contributed by atoms with van der Waals surface area (Å²) in [5, 5.41) is 3.50. The van der Waals surface area contributed by atoms with E-state index in [1.165, 1.54) is 0 Å². The van der Waals surface area contributed by atoms with Gasteiger partial charge in [0, 0.05) is 0 Å². The Balaban J connectivity index is 1.98. The van der Waals surface area contributed by atoms with Crippen molar-refractivity contribution in [2.45, 2.75) is 45.4 Å². The van der Waals surface area contributed by atoms with Gasteiger partial charge in [0.2, 0.25) is 0 Å². The molecule has 4 nitrogen and oxygen atoms in total. The van der Waals surface area contributed by atoms with E-state index in [4.69, 9.17) is 14.2 Å². The van der Waals surface area contributed by atoms with Gasteiger partial charge in [-0.1, -0.05) is 19.1 Å². The third-order valence-corrected chi connectivity index (χ3v) is 3.25. The molecule has 0 amide bonds. The second kappa shape index (κ2) is 7.50. The van der Waals surface area contributed by atoms with Crippen LogP contribution in [0.5, 0.6) is 11.5 Å². The number of hydrogen-bond acceptors (Lipinski definition) is 4. The Morgan fingerprint density at radius 3 is 2.75 bits per heavy atom. The van der Waals surface area contributed by atoms with E-state index in [0.29, 0.717) is 13.2 Å². The number of hydrogen-bond donors (Lipinski definition) is 1. The minimum atomic E-state index is -0.0183. The van der Waals surface area contributed by atoms with Crippen molar-refractivity contribution in [2.24, 2.45) is 0 Å². The fourth-order valence-electron chi connectivity index (χ4n) is 2.16. The summed E-state index contributed by atoms with van der Waals surface area (Å²) in [5.74, 6) is 1.64. The van der Waals surface area contributed by atoms with E-state index in [-0.39, 0.29) is 18.2 Å². The van der Waals surface area contributed by atoms with Crippen molar-refractivity contribution in [1.82, 2.24) is 5.32 Å². The molecule has 0 spiro atoms. The van der Waals surface area contributed by atoms with Crippen molar-refractivity contribution in [3.8, 4) is 11.5 Å². The lowest BCUT2D eigenvalue weighted by molar-refractivity contribution is 0.00229. The highest BCUT2D eigenvalue weighted by Gasteiger charge is 2.28. The summed E-state index contributed by atoms with van der Waals surface area (Å²) in [7, 11) is 0. The monoisotopic (exact) mass is 279 g/mol. The minimum absolute atomic E-state index is 0.0183. The van der Waals surface area contributed by atoms with E-state index >= 15 is 0 Å². The number of para-hydroxylation sites is 2. The predicted molar refractivity (Wildman–Crippen MR) is 79.5 cm³/mol. The third-order valence-electron chi connectivity index (χ3n) is 3.25. The molecule has 0 aromatic heterocycles. The Kier molecular flexibility index (Phi) is 5.68. The van der Waals surface area contributed by atoms with Crippen molar-refractivity contribution in [1.29, 1.82) is 0 Å². The topological polar surface area (TPSA) is 39.7 Å². The molecule has 0 aliphatic carbocycles. The maximum Gasteiger partial charge on any atom is 0.161 e. The first-order valence-electron chi connectivity index (χ1n) is 7.44. The van der Waals surface area contributed by atoms with Crippen LogP contribution in [0.25, 0.3) is 0 Å². The second-order valence-corrected chi connectivity index (χ2v) is 5.36. The lowest BCUT2D eigenvalue weighted by Gasteiger charge is -2.33. The van der Waals surface area contributed by atoms with Crippen LogP contribution in [0.15, 0.2) is 24.3 Å². The van der Waals surface area contributed by atoms with Crippen molar-refractivity contribution < 1.29 is 14.2 Å². The van der Waals surface area contributed by atoms with Gasteiger partial charge < -0.3 is 19.5 Å². The molecule has 0 saturated carbocycles. The van der Waals surface area contributed by atoms with Crippen molar-refractivity contribution in [3.05, 3.63) is 24.3 Å². The van der Waals surface area contributed by atoms with E-state index in [1.807, 2.05) is 38.1 Å². The molecule has 0 radical (unpaired) electrons. The summed E-state index contributed by atoms with van der Waals surface area (Å²) in [6.07, 6.45) is 1.29. The van der Waals surface area contributed by atoms with Crippen LogP contribution in [0.1, 0.15) is 27.2 Å². The van der Waals surface area contributed by atoms with Crippen LogP contribution in [0.3, 0.4) is 0 Å². The van der Waals surface area contributed by atoms with E-state index < -0.39 is 0 Å². The fourth-order valence-corrected chi connectivity index (χ4v) is 2.16. The summed E-state index contributed by atoms with van der Waals surface area (Å²) in [4.78, 5) is 0. The highest BCUT2D eigenvalue weighted by molar-refractivity contribution is 5.40. The Labute approximate surface area is 121 Å². The lowest BCUT2D eigenvalue weighted by Crippen LogP contribution is -2.50. The molecule has 20 heavy (non-hydrogen) atoms. The predicted octanol–water partition coefficient (Wildman–Crippen LogP) is 2.62. The van der Waals surface area contributed by atoms with Gasteiger partial charge in [0.05, 0.1) is 18.8 Å². The number of nitrogens with one attached hydrogen (secondary N) is 1. The molecule has 4 heteroatoms. The van der Waals surface area contributed by atoms with Gasteiger partial charge in [-0.3, -0.25) is 0 Å². The Morgan fingerprint density at radius 1 is 1.30 bits per heavy atom. The maximum absolute atomic E-state index is 6.06. The fraction of sp³-hybridized carbons (Fsp3) is 0.625. The van der Waals surface area contributed by atoms with Crippen LogP contribution >= 0.6 is 0 Å². The molecular formula is C16H25NO3. The summed E-state index contributed by atoms with van der Waals surface area (Å²) >= 11 is 0. The SMILES string of the molecule is CCCNC(COC(C)C)C1COc2ccccc2O1. The number of benzene rings is 1. The van der Waals surface area contributed by atoms with Crippen molar-refractivity contribution >= 4 is 0 Å². The molecule has 112 valence electrons. The van der Waals surface area contributed by atoms with Crippen molar-refractivity contribution in [2.75, 3.05) is 19.8 Å². The van der Waals surface area contributed by atoms with Gasteiger partial charge in [-0.15, -0.1) is 0 Å². The quantitative estimate of drug-likeness (QED) is 0.833. The molecule has 0 fully saturated rings. The standard InChI is InChI=1S/C16H25NO3/c1-4-9-17-13(10-18-12(2)3)16-11-19-14-7-5-6-8-15(14)20-16/h5-8,12-13,16-17H,4,9-11H2,1-3H3. The largest absolute Gasteiger partial charge is 0.486 e. The molecule has 0 saturated heterocycles. The highest BCUT2D eigenvalue weighted by atomic mass is 16.6. The number of fused-ring (bicyclic) bond motifs is 1. The summed E-state index contributed by atoms with van der Waals surface area (Å²) in [6.45, 7) is 8.39. The van der Waals surface area contributed by atoms with E-state index in [1.54, 1.807) is 0 Å². The van der Waals surface area contributed by atoms with E-state index in [0.717, 1.165) is 24.5 Å². The molecule has 1 heterocycles. The zero-order chi connectivity index (χ0) is 14.4. The normalized spacial score (nSPS) is 19.1. The average Bonchev–Trinajstić information content (AvgIpc) is 2.46. The van der Waals surface area contributed by atoms with Crippen LogP contribution in [-0.2, 0) is 4.74 Å². The summed E-state index contributed by atoms with van der Waals surface area (Å²) < 4.78 is 17.6. The first-order chi connectivity index (χ1) is 9.70. The van der Waals surface area contributed by atoms with E-state index in [2.05, 4.69) is 12.2 Å². The molecule has 1 N–H and O–H groups in total. The number of ether oxygens (including phenoxy) is 3. The zero-order valence-corrected chi connectivity index (χ0v) is 12.6. The third kappa shape index (κ3) is 4.12. The van der Waals surface area contributed by atoms with E-state index in [9.17, 15) is 0 Å². The first-order valence-corrected chi connectivity index (χ1v) is 7.44. The van der Waals surface area contributed by atoms with Crippen LogP contribution in [0, 0.1) is 0 Å². The Morgan fingerprint density at radius 2 is 2.05 bits per heavy atom. The smallest absolute Gasteiger partial charge is 0.161 e. The number of rotatable bonds is 7. The molecule has 1 aromatic rings. The van der Waals surface area contributed by atoms with Crippen LogP contribution in [0.2, 0.25) is 0 Å². The van der Waals surface area contributed by atoms with Gasteiger partial charge in [-0.25, -0.2) is 0 Å².